The number of anilines is 1. The van der Waals surface area contributed by atoms with Gasteiger partial charge in [0.25, 0.3) is 5.91 Å². The Bertz CT molecular complexity index is 801. The van der Waals surface area contributed by atoms with E-state index in [4.69, 9.17) is 0 Å². The normalized spacial score (nSPS) is 13.1. The molecule has 0 unspecified atom stereocenters. The predicted molar refractivity (Wildman–Crippen MR) is 96.7 cm³/mol. The van der Waals surface area contributed by atoms with Gasteiger partial charge in [-0.3, -0.25) is 15.6 Å². The number of carbonyl (C=O) groups is 1. The monoisotopic (exact) mass is 338 g/mol. The van der Waals surface area contributed by atoms with Crippen molar-refractivity contribution in [3.63, 3.8) is 0 Å². The Morgan fingerprint density at radius 1 is 1.00 bits per heavy atom. The van der Waals surface area contributed by atoms with Crippen LogP contribution in [-0.2, 0) is 10.4 Å². The molecule has 3 rings (SSSR count). The van der Waals surface area contributed by atoms with Gasteiger partial charge in [-0.05, 0) is 36.1 Å². The molecule has 1 amide bonds. The highest BCUT2D eigenvalue weighted by atomic mass is 32.1. The Balaban J connectivity index is 1.86. The van der Waals surface area contributed by atoms with Crippen LogP contribution in [-0.4, -0.2) is 11.0 Å². The maximum Gasteiger partial charge on any atom is 0.280 e. The van der Waals surface area contributed by atoms with Crippen molar-refractivity contribution in [2.45, 2.75) is 12.5 Å². The molecule has 0 bridgehead atoms. The highest BCUT2D eigenvalue weighted by Gasteiger charge is 2.41. The van der Waals surface area contributed by atoms with Crippen LogP contribution in [0, 0.1) is 6.92 Å². The smallest absolute Gasteiger partial charge is 0.280 e. The Morgan fingerprint density at radius 3 is 2.33 bits per heavy atom. The molecule has 0 aliphatic rings. The number of hydrogen-bond donors (Lipinski definition) is 3. The average Bonchev–Trinajstić information content (AvgIpc) is 3.16. The molecule has 122 valence electrons. The molecule has 2 aromatic carbocycles. The third kappa shape index (κ3) is 3.18. The Kier molecular flexibility index (Phi) is 4.64. The van der Waals surface area contributed by atoms with Crippen LogP contribution in [0.25, 0.3) is 0 Å². The first-order valence-corrected chi connectivity index (χ1v) is 8.43. The van der Waals surface area contributed by atoms with Crippen LogP contribution < -0.4 is 10.9 Å². The van der Waals surface area contributed by atoms with Crippen molar-refractivity contribution in [3.8, 4) is 0 Å². The summed E-state index contributed by atoms with van der Waals surface area (Å²) in [4.78, 5) is 13.4. The first-order chi connectivity index (χ1) is 11.6. The second-order valence-corrected chi connectivity index (χ2v) is 6.45. The number of aryl methyl sites for hydroxylation is 1. The van der Waals surface area contributed by atoms with Gasteiger partial charge in [-0.1, -0.05) is 54.1 Å². The summed E-state index contributed by atoms with van der Waals surface area (Å²) < 4.78 is 0. The number of thiophene rings is 1. The minimum atomic E-state index is -1.74. The molecule has 0 radical (unpaired) electrons. The first-order valence-electron chi connectivity index (χ1n) is 7.55. The van der Waals surface area contributed by atoms with E-state index in [1.165, 1.54) is 11.3 Å². The zero-order chi connectivity index (χ0) is 17.0. The van der Waals surface area contributed by atoms with Crippen molar-refractivity contribution < 1.29 is 9.90 Å². The van der Waals surface area contributed by atoms with E-state index < -0.39 is 11.5 Å². The molecular formula is C19H18N2O2S. The number of amides is 1. The van der Waals surface area contributed by atoms with Crippen LogP contribution in [0.2, 0.25) is 0 Å². The second-order valence-electron chi connectivity index (χ2n) is 5.50. The third-order valence-electron chi connectivity index (χ3n) is 3.77. The van der Waals surface area contributed by atoms with Gasteiger partial charge < -0.3 is 5.11 Å². The van der Waals surface area contributed by atoms with Gasteiger partial charge in [0.2, 0.25) is 5.60 Å². The van der Waals surface area contributed by atoms with Crippen LogP contribution in [0.15, 0.2) is 72.1 Å². The Hall–Kier alpha value is -2.63. The van der Waals surface area contributed by atoms with E-state index >= 15 is 0 Å². The molecule has 0 fully saturated rings. The molecule has 1 aromatic heterocycles. The summed E-state index contributed by atoms with van der Waals surface area (Å²) in [5.41, 5.74) is 6.13. The summed E-state index contributed by atoms with van der Waals surface area (Å²) in [5.74, 6) is -0.531. The first kappa shape index (κ1) is 16.2. The lowest BCUT2D eigenvalue weighted by molar-refractivity contribution is -0.135. The lowest BCUT2D eigenvalue weighted by Crippen LogP contribution is -2.47. The maximum atomic E-state index is 12.8. The van der Waals surface area contributed by atoms with E-state index in [2.05, 4.69) is 10.9 Å². The summed E-state index contributed by atoms with van der Waals surface area (Å²) >= 11 is 1.34. The topological polar surface area (TPSA) is 61.4 Å². The van der Waals surface area contributed by atoms with E-state index in [0.717, 1.165) is 11.3 Å². The summed E-state index contributed by atoms with van der Waals surface area (Å²) in [7, 11) is 0. The van der Waals surface area contributed by atoms with Crippen LogP contribution in [0.1, 0.15) is 16.0 Å². The van der Waals surface area contributed by atoms with E-state index in [-0.39, 0.29) is 0 Å². The number of benzene rings is 2. The fraction of sp³-hybridized carbons (Fsp3) is 0.105. The summed E-state index contributed by atoms with van der Waals surface area (Å²) in [6.45, 7) is 1.99. The van der Waals surface area contributed by atoms with Gasteiger partial charge in [0.05, 0.1) is 10.6 Å². The second kappa shape index (κ2) is 6.86. The number of nitrogens with one attached hydrogen (secondary N) is 2. The maximum absolute atomic E-state index is 12.8. The van der Waals surface area contributed by atoms with E-state index in [0.29, 0.717) is 10.4 Å². The molecule has 0 aliphatic carbocycles. The van der Waals surface area contributed by atoms with Crippen LogP contribution in [0.3, 0.4) is 0 Å². The molecule has 3 N–H and O–H groups in total. The average molecular weight is 338 g/mol. The Morgan fingerprint density at radius 2 is 1.71 bits per heavy atom. The number of aliphatic hydroxyl groups is 1. The molecule has 5 heteroatoms. The minimum Gasteiger partial charge on any atom is -0.371 e. The summed E-state index contributed by atoms with van der Waals surface area (Å²) in [6.07, 6.45) is 0. The fourth-order valence-electron chi connectivity index (χ4n) is 2.41. The SMILES string of the molecule is Cc1ccc(NNC(=O)[C@](O)(c2ccccc2)c2cccs2)cc1. The molecule has 0 aliphatic heterocycles. The predicted octanol–water partition coefficient (Wildman–Crippen LogP) is 3.44. The lowest BCUT2D eigenvalue weighted by Gasteiger charge is -2.26. The fourth-order valence-corrected chi connectivity index (χ4v) is 3.25. The van der Waals surface area contributed by atoms with E-state index in [9.17, 15) is 9.90 Å². The zero-order valence-corrected chi connectivity index (χ0v) is 14.0. The molecule has 3 aromatic rings. The molecule has 4 nitrogen and oxygen atoms in total. The van der Waals surface area contributed by atoms with Crippen molar-refractivity contribution in [1.29, 1.82) is 0 Å². The highest BCUT2D eigenvalue weighted by Crippen LogP contribution is 2.33. The molecular weight excluding hydrogens is 320 g/mol. The summed E-state index contributed by atoms with van der Waals surface area (Å²) in [6, 6.07) is 20.1. The third-order valence-corrected chi connectivity index (χ3v) is 4.75. The van der Waals surface area contributed by atoms with Crippen LogP contribution in [0.4, 0.5) is 5.69 Å². The molecule has 24 heavy (non-hydrogen) atoms. The number of hydrogen-bond acceptors (Lipinski definition) is 4. The van der Waals surface area contributed by atoms with E-state index in [1.807, 2.05) is 48.7 Å². The van der Waals surface area contributed by atoms with Crippen LogP contribution >= 0.6 is 11.3 Å². The highest BCUT2D eigenvalue weighted by molar-refractivity contribution is 7.10. The van der Waals surface area contributed by atoms with Gasteiger partial charge >= 0.3 is 0 Å². The number of hydrazine groups is 1. The van der Waals surface area contributed by atoms with E-state index in [1.54, 1.807) is 30.3 Å². The zero-order valence-electron chi connectivity index (χ0n) is 13.2. The number of carbonyl (C=O) groups excluding carboxylic acids is 1. The molecule has 1 heterocycles. The molecule has 0 saturated heterocycles. The van der Waals surface area contributed by atoms with Gasteiger partial charge in [-0.25, -0.2) is 0 Å². The Labute approximate surface area is 144 Å². The minimum absolute atomic E-state index is 0.524. The van der Waals surface area contributed by atoms with Gasteiger partial charge in [-0.15, -0.1) is 11.3 Å². The van der Waals surface area contributed by atoms with Gasteiger partial charge in [0.15, 0.2) is 0 Å². The van der Waals surface area contributed by atoms with Crippen molar-refractivity contribution >= 4 is 22.9 Å². The van der Waals surface area contributed by atoms with Crippen molar-refractivity contribution in [1.82, 2.24) is 5.43 Å². The van der Waals surface area contributed by atoms with Crippen molar-refractivity contribution in [3.05, 3.63) is 88.1 Å². The molecule has 0 saturated carbocycles. The number of rotatable bonds is 5. The molecule has 0 spiro atoms. The van der Waals surface area contributed by atoms with Gasteiger partial charge in [0.1, 0.15) is 0 Å². The lowest BCUT2D eigenvalue weighted by atomic mass is 9.91. The largest absolute Gasteiger partial charge is 0.371 e. The van der Waals surface area contributed by atoms with Crippen molar-refractivity contribution in [2.75, 3.05) is 5.43 Å². The standard InChI is InChI=1S/C19H18N2O2S/c1-14-9-11-16(12-10-14)20-21-18(22)19(23,17-8-5-13-24-17)15-6-3-2-4-7-15/h2-13,20,23H,1H3,(H,21,22)/t19-/m0/s1. The van der Waals surface area contributed by atoms with Gasteiger partial charge in [0, 0.05) is 0 Å². The van der Waals surface area contributed by atoms with Crippen molar-refractivity contribution in [2.24, 2.45) is 0 Å². The van der Waals surface area contributed by atoms with Crippen LogP contribution in [0.5, 0.6) is 0 Å². The quantitative estimate of drug-likeness (QED) is 0.625. The summed E-state index contributed by atoms with van der Waals surface area (Å²) in [5, 5.41) is 13.0. The molecule has 1 atom stereocenters. The van der Waals surface area contributed by atoms with Gasteiger partial charge in [-0.2, -0.15) is 0 Å².